The number of fused-ring (bicyclic) bond motifs is 1. The molecule has 2 aromatic carbocycles. The number of hydrogen-bond acceptors (Lipinski definition) is 4. The van der Waals surface area contributed by atoms with Gasteiger partial charge in [-0.1, -0.05) is 40.1 Å². The Kier molecular flexibility index (Phi) is 5.84. The standard InChI is InChI=1S/C21H24ClN3OS/c1-13-10-14(2)12-16(11-13)20(26)25(9-8-24(4)5)21-23-19-15(3)17(22)6-7-18(19)27-21/h6-7,10-12H,8-9H2,1-5H3. The third-order valence-electron chi connectivity index (χ3n) is 4.45. The number of thiazole rings is 1. The number of carbonyl (C=O) groups excluding carboxylic acids is 1. The van der Waals surface area contributed by atoms with Crippen molar-refractivity contribution in [3.8, 4) is 0 Å². The average molecular weight is 402 g/mol. The van der Waals surface area contributed by atoms with E-state index < -0.39 is 0 Å². The topological polar surface area (TPSA) is 36.4 Å². The van der Waals surface area contributed by atoms with E-state index in [1.807, 2.05) is 59.1 Å². The molecule has 0 fully saturated rings. The van der Waals surface area contributed by atoms with Crippen molar-refractivity contribution in [1.29, 1.82) is 0 Å². The van der Waals surface area contributed by atoms with Gasteiger partial charge < -0.3 is 4.90 Å². The maximum Gasteiger partial charge on any atom is 0.260 e. The van der Waals surface area contributed by atoms with Crippen LogP contribution in [-0.2, 0) is 0 Å². The van der Waals surface area contributed by atoms with Crippen molar-refractivity contribution < 1.29 is 4.79 Å². The second-order valence-electron chi connectivity index (χ2n) is 7.15. The van der Waals surface area contributed by atoms with Gasteiger partial charge in [0, 0.05) is 23.7 Å². The molecule has 0 N–H and O–H groups in total. The molecule has 1 heterocycles. The Balaban J connectivity index is 2.05. The van der Waals surface area contributed by atoms with E-state index in [9.17, 15) is 4.79 Å². The number of benzene rings is 2. The maximum atomic E-state index is 13.3. The first-order valence-corrected chi connectivity index (χ1v) is 10.1. The molecule has 1 aromatic heterocycles. The van der Waals surface area contributed by atoms with Crippen LogP contribution in [0.3, 0.4) is 0 Å². The summed E-state index contributed by atoms with van der Waals surface area (Å²) >= 11 is 7.78. The van der Waals surface area contributed by atoms with Gasteiger partial charge in [-0.25, -0.2) is 4.98 Å². The molecule has 3 rings (SSSR count). The fourth-order valence-electron chi connectivity index (χ4n) is 3.04. The number of halogens is 1. The van der Waals surface area contributed by atoms with E-state index in [0.717, 1.165) is 33.5 Å². The van der Waals surface area contributed by atoms with Gasteiger partial charge in [-0.3, -0.25) is 9.69 Å². The normalized spacial score (nSPS) is 11.4. The highest BCUT2D eigenvalue weighted by atomic mass is 35.5. The van der Waals surface area contributed by atoms with Crippen LogP contribution in [0.1, 0.15) is 27.0 Å². The van der Waals surface area contributed by atoms with Crippen molar-refractivity contribution in [3.05, 3.63) is 57.6 Å². The first-order chi connectivity index (χ1) is 12.8. The summed E-state index contributed by atoms with van der Waals surface area (Å²) in [6.07, 6.45) is 0. The van der Waals surface area contributed by atoms with Crippen molar-refractivity contribution in [2.75, 3.05) is 32.1 Å². The Morgan fingerprint density at radius 1 is 1.07 bits per heavy atom. The van der Waals surface area contributed by atoms with E-state index in [0.29, 0.717) is 22.3 Å². The average Bonchev–Trinajstić information content (AvgIpc) is 3.02. The molecule has 0 unspecified atom stereocenters. The third-order valence-corrected chi connectivity index (χ3v) is 5.91. The molecular formula is C21H24ClN3OS. The molecule has 0 radical (unpaired) electrons. The molecule has 0 bridgehead atoms. The summed E-state index contributed by atoms with van der Waals surface area (Å²) in [6, 6.07) is 9.80. The summed E-state index contributed by atoms with van der Waals surface area (Å²) in [6.45, 7) is 7.32. The summed E-state index contributed by atoms with van der Waals surface area (Å²) in [5.74, 6) is -0.0218. The zero-order valence-electron chi connectivity index (χ0n) is 16.3. The van der Waals surface area contributed by atoms with Crippen molar-refractivity contribution in [2.45, 2.75) is 20.8 Å². The lowest BCUT2D eigenvalue weighted by atomic mass is 10.1. The molecule has 0 spiro atoms. The molecule has 1 amide bonds. The van der Waals surface area contributed by atoms with E-state index in [2.05, 4.69) is 11.0 Å². The summed E-state index contributed by atoms with van der Waals surface area (Å²) in [7, 11) is 4.00. The summed E-state index contributed by atoms with van der Waals surface area (Å²) in [5.41, 5.74) is 4.67. The van der Waals surface area contributed by atoms with E-state index in [-0.39, 0.29) is 5.91 Å². The molecular weight excluding hydrogens is 378 g/mol. The van der Waals surface area contributed by atoms with Crippen LogP contribution in [0.2, 0.25) is 5.02 Å². The smallest absolute Gasteiger partial charge is 0.260 e. The van der Waals surface area contributed by atoms with Crippen molar-refractivity contribution >= 4 is 44.2 Å². The van der Waals surface area contributed by atoms with Crippen molar-refractivity contribution in [1.82, 2.24) is 9.88 Å². The molecule has 27 heavy (non-hydrogen) atoms. The minimum atomic E-state index is -0.0218. The predicted octanol–water partition coefficient (Wildman–Crippen LogP) is 5.08. The monoisotopic (exact) mass is 401 g/mol. The van der Waals surface area contributed by atoms with Gasteiger partial charge in [0.25, 0.3) is 5.91 Å². The molecule has 3 aromatic rings. The lowest BCUT2D eigenvalue weighted by Crippen LogP contribution is -2.36. The minimum Gasteiger partial charge on any atom is -0.308 e. The number of carbonyl (C=O) groups is 1. The van der Waals surface area contributed by atoms with Crippen LogP contribution in [-0.4, -0.2) is 43.0 Å². The SMILES string of the molecule is Cc1cc(C)cc(C(=O)N(CCN(C)C)c2nc3c(C)c(Cl)ccc3s2)c1. The zero-order valence-corrected chi connectivity index (χ0v) is 17.9. The van der Waals surface area contributed by atoms with Crippen LogP contribution in [0.15, 0.2) is 30.3 Å². The van der Waals surface area contributed by atoms with E-state index in [4.69, 9.17) is 16.6 Å². The van der Waals surface area contributed by atoms with Crippen LogP contribution in [0, 0.1) is 20.8 Å². The Morgan fingerprint density at radius 2 is 1.74 bits per heavy atom. The number of rotatable bonds is 5. The summed E-state index contributed by atoms with van der Waals surface area (Å²) in [5, 5.41) is 1.40. The number of likely N-dealkylation sites (N-methyl/N-ethyl adjacent to an activating group) is 1. The highest BCUT2D eigenvalue weighted by Crippen LogP contribution is 2.34. The second-order valence-corrected chi connectivity index (χ2v) is 8.57. The fourth-order valence-corrected chi connectivity index (χ4v) is 4.24. The van der Waals surface area contributed by atoms with Gasteiger partial charge >= 0.3 is 0 Å². The summed E-state index contributed by atoms with van der Waals surface area (Å²) in [4.78, 5) is 22.0. The Labute approximate surface area is 169 Å². The number of nitrogens with zero attached hydrogens (tertiary/aromatic N) is 3. The van der Waals surface area contributed by atoms with Gasteiger partial charge in [-0.05, 0) is 64.7 Å². The Hall–Kier alpha value is -1.95. The van der Waals surface area contributed by atoms with Gasteiger partial charge in [0.2, 0.25) is 0 Å². The molecule has 0 aliphatic carbocycles. The first kappa shape index (κ1) is 19.8. The van der Waals surface area contributed by atoms with Gasteiger partial charge in [-0.2, -0.15) is 0 Å². The second kappa shape index (κ2) is 7.97. The van der Waals surface area contributed by atoms with E-state index in [1.165, 1.54) is 11.3 Å². The molecule has 0 saturated heterocycles. The zero-order chi connectivity index (χ0) is 19.7. The lowest BCUT2D eigenvalue weighted by molar-refractivity contribution is 0.0985. The first-order valence-electron chi connectivity index (χ1n) is 8.87. The molecule has 0 aliphatic heterocycles. The number of hydrogen-bond donors (Lipinski definition) is 0. The largest absolute Gasteiger partial charge is 0.308 e. The Morgan fingerprint density at radius 3 is 2.37 bits per heavy atom. The molecule has 4 nitrogen and oxygen atoms in total. The molecule has 142 valence electrons. The van der Waals surface area contributed by atoms with Gasteiger partial charge in [0.05, 0.1) is 10.2 Å². The van der Waals surface area contributed by atoms with Gasteiger partial charge in [-0.15, -0.1) is 0 Å². The van der Waals surface area contributed by atoms with Crippen LogP contribution in [0.25, 0.3) is 10.2 Å². The number of aromatic nitrogens is 1. The molecule has 0 atom stereocenters. The van der Waals surface area contributed by atoms with Crippen LogP contribution in [0.5, 0.6) is 0 Å². The number of aryl methyl sites for hydroxylation is 3. The van der Waals surface area contributed by atoms with Gasteiger partial charge in [0.1, 0.15) is 0 Å². The third kappa shape index (κ3) is 4.32. The number of amides is 1. The fraction of sp³-hybridized carbons (Fsp3) is 0.333. The lowest BCUT2D eigenvalue weighted by Gasteiger charge is -2.22. The van der Waals surface area contributed by atoms with Gasteiger partial charge in [0.15, 0.2) is 5.13 Å². The highest BCUT2D eigenvalue weighted by Gasteiger charge is 2.22. The predicted molar refractivity (Wildman–Crippen MR) is 116 cm³/mol. The summed E-state index contributed by atoms with van der Waals surface area (Å²) < 4.78 is 1.04. The highest BCUT2D eigenvalue weighted by molar-refractivity contribution is 7.22. The molecule has 0 aliphatic rings. The Bertz CT molecular complexity index is 976. The van der Waals surface area contributed by atoms with Crippen LogP contribution < -0.4 is 4.90 Å². The minimum absolute atomic E-state index is 0.0218. The van der Waals surface area contributed by atoms with Crippen LogP contribution in [0.4, 0.5) is 5.13 Å². The quantitative estimate of drug-likeness (QED) is 0.597. The molecule has 6 heteroatoms. The van der Waals surface area contributed by atoms with Crippen molar-refractivity contribution in [3.63, 3.8) is 0 Å². The maximum absolute atomic E-state index is 13.3. The van der Waals surface area contributed by atoms with Crippen LogP contribution >= 0.6 is 22.9 Å². The number of anilines is 1. The van der Waals surface area contributed by atoms with E-state index in [1.54, 1.807) is 4.90 Å². The van der Waals surface area contributed by atoms with E-state index >= 15 is 0 Å². The van der Waals surface area contributed by atoms with Crippen molar-refractivity contribution in [2.24, 2.45) is 0 Å². The molecule has 0 saturated carbocycles.